The lowest BCUT2D eigenvalue weighted by Crippen LogP contribution is -2.11. The summed E-state index contributed by atoms with van der Waals surface area (Å²) in [7, 11) is 1.60. The molecule has 1 rings (SSSR count). The highest BCUT2D eigenvalue weighted by Crippen LogP contribution is 2.26. The van der Waals surface area contributed by atoms with Crippen molar-refractivity contribution in [3.63, 3.8) is 0 Å². The van der Waals surface area contributed by atoms with Crippen LogP contribution in [0.4, 0.5) is 5.69 Å². The monoisotopic (exact) mass is 223 g/mol. The van der Waals surface area contributed by atoms with Crippen molar-refractivity contribution in [3.05, 3.63) is 18.2 Å². The molecule has 3 heteroatoms. The van der Waals surface area contributed by atoms with Crippen LogP contribution >= 0.6 is 0 Å². The highest BCUT2D eigenvalue weighted by atomic mass is 16.5. The van der Waals surface area contributed by atoms with Crippen LogP contribution in [-0.2, 0) is 0 Å². The predicted molar refractivity (Wildman–Crippen MR) is 67.0 cm³/mol. The number of methoxy groups -OCH3 is 1. The molecule has 0 aliphatic rings. The van der Waals surface area contributed by atoms with Gasteiger partial charge in [-0.15, -0.1) is 0 Å². The van der Waals surface area contributed by atoms with E-state index < -0.39 is 0 Å². The molecule has 0 saturated heterocycles. The zero-order chi connectivity index (χ0) is 12.2. The molecule has 0 spiro atoms. The van der Waals surface area contributed by atoms with E-state index in [9.17, 15) is 0 Å². The number of nitrogen functional groups attached to an aromatic ring is 1. The fraction of sp³-hybridized carbons (Fsp3) is 0.538. The smallest absolute Gasteiger partial charge is 0.142 e. The molecule has 0 saturated carbocycles. The summed E-state index contributed by atoms with van der Waals surface area (Å²) < 4.78 is 10.7. The minimum atomic E-state index is 0.290. The first kappa shape index (κ1) is 12.7. The third-order valence-corrected chi connectivity index (χ3v) is 2.32. The number of nitrogens with two attached hydrogens (primary N) is 1. The number of rotatable bonds is 4. The van der Waals surface area contributed by atoms with E-state index in [1.165, 1.54) is 0 Å². The molecule has 0 atom stereocenters. The fourth-order valence-electron chi connectivity index (χ4n) is 1.28. The summed E-state index contributed by atoms with van der Waals surface area (Å²) in [6.45, 7) is 7.28. The van der Waals surface area contributed by atoms with Crippen LogP contribution in [0, 0.1) is 5.41 Å². The van der Waals surface area contributed by atoms with E-state index in [2.05, 4.69) is 20.8 Å². The molecule has 16 heavy (non-hydrogen) atoms. The van der Waals surface area contributed by atoms with Gasteiger partial charge in [-0.05, 0) is 24.0 Å². The fourth-order valence-corrected chi connectivity index (χ4v) is 1.28. The number of hydrogen-bond acceptors (Lipinski definition) is 3. The molecule has 90 valence electrons. The largest absolute Gasteiger partial charge is 0.495 e. The summed E-state index contributed by atoms with van der Waals surface area (Å²) in [5.41, 5.74) is 6.68. The lowest BCUT2D eigenvalue weighted by molar-refractivity contribution is 0.243. The minimum Gasteiger partial charge on any atom is -0.495 e. The first-order chi connectivity index (χ1) is 7.42. The van der Waals surface area contributed by atoms with Crippen molar-refractivity contribution in [2.75, 3.05) is 19.5 Å². The Balaban J connectivity index is 2.52. The molecule has 3 nitrogen and oxygen atoms in total. The first-order valence-corrected chi connectivity index (χ1v) is 5.49. The normalized spacial score (nSPS) is 11.2. The van der Waals surface area contributed by atoms with E-state index >= 15 is 0 Å². The van der Waals surface area contributed by atoms with Crippen molar-refractivity contribution in [1.82, 2.24) is 0 Å². The Hall–Kier alpha value is -1.38. The molecule has 0 aromatic heterocycles. The van der Waals surface area contributed by atoms with Gasteiger partial charge in [-0.3, -0.25) is 0 Å². The van der Waals surface area contributed by atoms with E-state index in [-0.39, 0.29) is 5.41 Å². The van der Waals surface area contributed by atoms with Crippen LogP contribution in [0.15, 0.2) is 18.2 Å². The lowest BCUT2D eigenvalue weighted by atomic mass is 9.93. The van der Waals surface area contributed by atoms with E-state index in [0.717, 1.165) is 12.2 Å². The molecule has 2 N–H and O–H groups in total. The van der Waals surface area contributed by atoms with Crippen molar-refractivity contribution in [3.8, 4) is 11.5 Å². The van der Waals surface area contributed by atoms with Gasteiger partial charge in [0, 0.05) is 6.07 Å². The quantitative estimate of drug-likeness (QED) is 0.798. The molecule has 0 radical (unpaired) electrons. The Kier molecular flexibility index (Phi) is 4.05. The summed E-state index contributed by atoms with van der Waals surface area (Å²) in [5, 5.41) is 0. The molecule has 0 aliphatic carbocycles. The van der Waals surface area contributed by atoms with Crippen molar-refractivity contribution in [2.24, 2.45) is 5.41 Å². The lowest BCUT2D eigenvalue weighted by Gasteiger charge is -2.18. The van der Waals surface area contributed by atoms with Crippen LogP contribution in [0.5, 0.6) is 11.5 Å². The Morgan fingerprint density at radius 2 is 1.94 bits per heavy atom. The molecule has 0 aliphatic heterocycles. The Morgan fingerprint density at radius 3 is 2.44 bits per heavy atom. The maximum Gasteiger partial charge on any atom is 0.142 e. The number of anilines is 1. The van der Waals surface area contributed by atoms with Crippen LogP contribution in [0.3, 0.4) is 0 Å². The molecule has 0 fully saturated rings. The zero-order valence-corrected chi connectivity index (χ0v) is 10.5. The van der Waals surface area contributed by atoms with Gasteiger partial charge in [0.1, 0.15) is 11.5 Å². The summed E-state index contributed by atoms with van der Waals surface area (Å²) in [4.78, 5) is 0. The van der Waals surface area contributed by atoms with Crippen LogP contribution in [0.25, 0.3) is 0 Å². The zero-order valence-electron chi connectivity index (χ0n) is 10.5. The van der Waals surface area contributed by atoms with Crippen LogP contribution in [0.1, 0.15) is 27.2 Å². The van der Waals surface area contributed by atoms with Gasteiger partial charge >= 0.3 is 0 Å². The van der Waals surface area contributed by atoms with Crippen molar-refractivity contribution < 1.29 is 9.47 Å². The topological polar surface area (TPSA) is 44.5 Å². The summed E-state index contributed by atoms with van der Waals surface area (Å²) in [6.07, 6.45) is 1.01. The van der Waals surface area contributed by atoms with Gasteiger partial charge < -0.3 is 15.2 Å². The maximum absolute atomic E-state index is 5.78. The molecule has 0 unspecified atom stereocenters. The first-order valence-electron chi connectivity index (χ1n) is 5.49. The molecule has 0 heterocycles. The Bertz CT molecular complexity index is 342. The number of hydrogen-bond donors (Lipinski definition) is 1. The van der Waals surface area contributed by atoms with Crippen LogP contribution in [-0.4, -0.2) is 13.7 Å². The Morgan fingerprint density at radius 1 is 1.25 bits per heavy atom. The van der Waals surface area contributed by atoms with Crippen LogP contribution in [0.2, 0.25) is 0 Å². The van der Waals surface area contributed by atoms with Gasteiger partial charge in [0.2, 0.25) is 0 Å². The van der Waals surface area contributed by atoms with E-state index in [1.807, 2.05) is 12.1 Å². The average molecular weight is 223 g/mol. The summed E-state index contributed by atoms with van der Waals surface area (Å²) >= 11 is 0. The standard InChI is InChI=1S/C13H21NO2/c1-13(2,3)7-8-16-10-5-6-12(15-4)11(14)9-10/h5-6,9H,7-8,14H2,1-4H3. The van der Waals surface area contributed by atoms with Crippen molar-refractivity contribution in [2.45, 2.75) is 27.2 Å². The van der Waals surface area contributed by atoms with Crippen molar-refractivity contribution >= 4 is 5.69 Å². The van der Waals surface area contributed by atoms with Gasteiger partial charge in [-0.1, -0.05) is 20.8 Å². The number of ether oxygens (including phenoxy) is 2. The molecule has 1 aromatic rings. The molecular weight excluding hydrogens is 202 g/mol. The van der Waals surface area contributed by atoms with E-state index in [0.29, 0.717) is 18.0 Å². The maximum atomic E-state index is 5.78. The third-order valence-electron chi connectivity index (χ3n) is 2.32. The van der Waals surface area contributed by atoms with Gasteiger partial charge in [-0.25, -0.2) is 0 Å². The van der Waals surface area contributed by atoms with Crippen LogP contribution < -0.4 is 15.2 Å². The summed E-state index contributed by atoms with van der Waals surface area (Å²) in [6, 6.07) is 5.49. The molecule has 0 bridgehead atoms. The van der Waals surface area contributed by atoms with Gasteiger partial charge in [0.15, 0.2) is 0 Å². The number of benzene rings is 1. The molecule has 0 amide bonds. The second-order valence-corrected chi connectivity index (χ2v) is 5.06. The second kappa shape index (κ2) is 5.10. The highest BCUT2D eigenvalue weighted by Gasteiger charge is 2.10. The molecular formula is C13H21NO2. The SMILES string of the molecule is COc1ccc(OCCC(C)(C)C)cc1N. The average Bonchev–Trinajstić information content (AvgIpc) is 2.16. The van der Waals surface area contributed by atoms with Gasteiger partial charge in [-0.2, -0.15) is 0 Å². The minimum absolute atomic E-state index is 0.290. The summed E-state index contributed by atoms with van der Waals surface area (Å²) in [5.74, 6) is 1.48. The second-order valence-electron chi connectivity index (χ2n) is 5.06. The van der Waals surface area contributed by atoms with Crippen molar-refractivity contribution in [1.29, 1.82) is 0 Å². The molecule has 1 aromatic carbocycles. The predicted octanol–water partition coefficient (Wildman–Crippen LogP) is 3.09. The highest BCUT2D eigenvalue weighted by molar-refractivity contribution is 5.56. The van der Waals surface area contributed by atoms with E-state index in [4.69, 9.17) is 15.2 Å². The third kappa shape index (κ3) is 4.01. The van der Waals surface area contributed by atoms with Gasteiger partial charge in [0.25, 0.3) is 0 Å². The van der Waals surface area contributed by atoms with Gasteiger partial charge in [0.05, 0.1) is 19.4 Å². The van der Waals surface area contributed by atoms with E-state index in [1.54, 1.807) is 13.2 Å². The Labute approximate surface area is 97.6 Å².